The highest BCUT2D eigenvalue weighted by atomic mass is 28.4. The Morgan fingerprint density at radius 3 is 0.757 bits per heavy atom. The SMILES string of the molecule is C=C[Si](CNCCCN)(OC)OC.C=Cc1ccc(CNCCNCCC[Si](C)(OCC)OCC)cc1.C=Cc1ccc(CNCCNCCC[Si](OC)(OC)OC)cc1.C=Cc1ccc(CNCCNCCC[Si](OCC)(OCC)OCC)cc1.C=Cc1ccc(CNCCNCCC[Si]2(C=O)C=C2)cc1.C=Cc1ccc(CNCC[Si](OCC)(OCC)OCC)cc1.C=Cc1ccc(CNC[Si](C=C)(OC)OC)cc1.O. The van der Waals surface area contributed by atoms with Gasteiger partial charge in [0.15, 0.2) is 8.07 Å². The van der Waals surface area contributed by atoms with Crippen molar-refractivity contribution in [2.45, 2.75) is 164 Å². The van der Waals surface area contributed by atoms with Crippen molar-refractivity contribution in [3.63, 3.8) is 0 Å². The second-order valence-electron chi connectivity index (χ2n) is 34.3. The summed E-state index contributed by atoms with van der Waals surface area (Å²) < 4.78 is 84.5. The van der Waals surface area contributed by atoms with E-state index in [-0.39, 0.29) is 5.48 Å². The van der Waals surface area contributed by atoms with Gasteiger partial charge in [0.2, 0.25) is 0 Å². The van der Waals surface area contributed by atoms with Gasteiger partial charge in [-0.2, -0.15) is 0 Å². The molecule has 0 aliphatic carbocycles. The number of rotatable bonds is 82. The summed E-state index contributed by atoms with van der Waals surface area (Å²) in [6, 6.07) is 55.0. The Kier molecular flexibility index (Phi) is 86.2. The monoisotopic (exact) mass is 2180 g/mol. The molecule has 6 aromatic rings. The Hall–Kier alpha value is -6.95. The second-order valence-corrected chi connectivity index (χ2v) is 56.2. The van der Waals surface area contributed by atoms with Crippen LogP contribution in [0.1, 0.15) is 154 Å². The number of nitrogens with one attached hydrogen (secondary N) is 11. The Morgan fingerprint density at radius 2 is 0.514 bits per heavy atom. The molecular weight excluding hydrogens is 1980 g/mol. The van der Waals surface area contributed by atoms with E-state index in [1.54, 1.807) is 61.2 Å². The molecule has 1 aliphatic rings. The van der Waals surface area contributed by atoms with Crippen molar-refractivity contribution in [1.29, 1.82) is 0 Å². The predicted molar refractivity (Wildman–Crippen MR) is 638 cm³/mol. The first-order valence-electron chi connectivity index (χ1n) is 52.6. The van der Waals surface area contributed by atoms with E-state index >= 15 is 0 Å². The summed E-state index contributed by atoms with van der Waals surface area (Å²) in [4.78, 5) is 10.8. The highest BCUT2D eigenvalue weighted by molar-refractivity contribution is 7.16. The Labute approximate surface area is 902 Å². The van der Waals surface area contributed by atoms with Gasteiger partial charge >= 0.3 is 52.1 Å². The molecule has 1 heterocycles. The number of carbonyl (C=O) groups is 1. The molecule has 0 saturated carbocycles. The number of hydrogen-bond acceptors (Lipinski definition) is 28. The molecule has 29 nitrogen and oxygen atoms in total. The fourth-order valence-corrected chi connectivity index (χ4v) is 29.1. The van der Waals surface area contributed by atoms with E-state index < -0.39 is 60.2 Å². The van der Waals surface area contributed by atoms with E-state index in [4.69, 9.17) is 72.1 Å². The summed E-state index contributed by atoms with van der Waals surface area (Å²) in [6.45, 7) is 72.6. The van der Waals surface area contributed by atoms with E-state index in [0.29, 0.717) is 52.4 Å². The van der Waals surface area contributed by atoms with Crippen LogP contribution in [0.3, 0.4) is 0 Å². The van der Waals surface area contributed by atoms with Crippen molar-refractivity contribution < 1.29 is 76.7 Å². The van der Waals surface area contributed by atoms with Gasteiger partial charge in [-0.05, 0) is 230 Å². The number of benzene rings is 6. The summed E-state index contributed by atoms with van der Waals surface area (Å²) in [5.41, 5.74) is 27.7. The summed E-state index contributed by atoms with van der Waals surface area (Å²) in [7, 11) is -3.72. The fourth-order valence-electron chi connectivity index (χ4n) is 14.7. The average molecular weight is 2180 g/mol. The van der Waals surface area contributed by atoms with Gasteiger partial charge in [-0.3, -0.25) is 0 Å². The normalized spacial score (nSPS) is 12.0. The van der Waals surface area contributed by atoms with Crippen molar-refractivity contribution in [3.8, 4) is 0 Å². The molecule has 0 atom stereocenters. The zero-order chi connectivity index (χ0) is 109. The van der Waals surface area contributed by atoms with Gasteiger partial charge < -0.3 is 141 Å². The maximum atomic E-state index is 10.8. The van der Waals surface area contributed by atoms with Crippen molar-refractivity contribution in [2.75, 3.05) is 213 Å². The van der Waals surface area contributed by atoms with Crippen LogP contribution in [-0.2, 0) is 110 Å². The summed E-state index contributed by atoms with van der Waals surface area (Å²) in [5, 5.41) is 37.6. The van der Waals surface area contributed by atoms with E-state index in [0.717, 1.165) is 246 Å². The molecule has 0 unspecified atom stereocenters. The molecule has 15 N–H and O–H groups in total. The average Bonchev–Trinajstić information content (AvgIpc) is 1.62. The molecular formula is C112H196N12O17Si7. The molecule has 0 radical (unpaired) electrons. The summed E-state index contributed by atoms with van der Waals surface area (Å²) >= 11 is 0. The molecule has 148 heavy (non-hydrogen) atoms. The molecule has 0 aromatic heterocycles. The minimum Gasteiger partial charge on any atom is -0.412 e. The fraction of sp³-hybridized carbons (Fsp3) is 0.509. The molecule has 0 fully saturated rings. The Bertz CT molecular complexity index is 4260. The minimum absolute atomic E-state index is 0. The Morgan fingerprint density at radius 1 is 0.277 bits per heavy atom. The maximum absolute atomic E-state index is 10.8. The Balaban J connectivity index is 0.00000171. The van der Waals surface area contributed by atoms with Gasteiger partial charge in [0.05, 0.1) is 0 Å². The van der Waals surface area contributed by atoms with E-state index in [9.17, 15) is 4.79 Å². The number of carbonyl (C=O) groups excluding carboxylic acids is 1. The maximum Gasteiger partial charge on any atom is 0.502 e. The van der Waals surface area contributed by atoms with Crippen LogP contribution >= 0.6 is 0 Å². The smallest absolute Gasteiger partial charge is 0.412 e. The zero-order valence-electron chi connectivity index (χ0n) is 93.5. The van der Waals surface area contributed by atoms with Crippen LogP contribution in [-0.4, -0.2) is 285 Å². The van der Waals surface area contributed by atoms with Crippen molar-refractivity contribution in [3.05, 3.63) is 288 Å². The standard InChI is InChI=1S/C20H36N2O3Si.C19H34N2O2Si.C17H30N2O3Si.C17H24N2OSi.C17H29NO3Si.C14H21NO2Si.C8H20N2O2Si.H2O/c1-5-19-10-12-20(13-11-19)18-22-16-15-21-14-9-17-26(23-6-2,24-7-3)25-8-4;1-5-18-9-11-19(12-10-18)17-21-15-14-20-13-8-16-24(4,22-6-2)23-7-3;1-5-16-7-9-17(10-8-16)15-19-13-12-18-11-6-14-23(20-2,21-3)22-4;1-2-16-4-6-17(7-5-16)14-19-10-9-18-8-3-11-21(15-20)12-13-21;1-5-16-9-11-17(12-10-16)15-18-13-14-22(19-6-2,20-7-3)21-8-4;1-5-13-7-9-14(10-8-13)11-15-12-18(6-2,16-3)17-4;1-4-13(11-2,12-3)8-10-7-5-6-9;/h5,10-13,21-22H,1,6-9,14-18H2,2-4H3;5,9-12,20-21H,1,6-8,13-17H2,2-4H3;5,7-10,18-19H,1,6,11-15H2,2-4H3;2,4-7,12-13,15,18-19H,1,3,8-11,14H2;5,9-12,18H,1,6-8,13-15H2,2-4H3;5-10,15H,1-2,11-12H2,3-4H3;4,10H,1,5-9H2,2-3H3;1H2. The highest BCUT2D eigenvalue weighted by Gasteiger charge is 2.42. The zero-order valence-corrected chi connectivity index (χ0v) is 100. The van der Waals surface area contributed by atoms with Crippen molar-refractivity contribution in [2.24, 2.45) is 5.73 Å². The third kappa shape index (κ3) is 64.9. The first-order chi connectivity index (χ1) is 71.4. The molecule has 7 rings (SSSR count). The summed E-state index contributed by atoms with van der Waals surface area (Å²) in [5.74, 6) is 1.19. The lowest BCUT2D eigenvalue weighted by atomic mass is 10.1. The number of hydrogen-bond donors (Lipinski definition) is 12. The summed E-state index contributed by atoms with van der Waals surface area (Å²) in [6.07, 6.45) is 17.7. The third-order valence-corrected chi connectivity index (χ3v) is 44.0. The number of nitrogens with two attached hydrogens (primary N) is 1. The lowest BCUT2D eigenvalue weighted by Gasteiger charge is -2.28. The van der Waals surface area contributed by atoms with Crippen LogP contribution in [0.4, 0.5) is 0 Å². The van der Waals surface area contributed by atoms with Crippen LogP contribution < -0.4 is 64.2 Å². The van der Waals surface area contributed by atoms with E-state index in [2.05, 4.69) is 275 Å². The molecule has 0 bridgehead atoms. The molecule has 1 aliphatic heterocycles. The highest BCUT2D eigenvalue weighted by Crippen LogP contribution is 2.25. The largest absolute Gasteiger partial charge is 0.502 e. The second kappa shape index (κ2) is 90.4. The van der Waals surface area contributed by atoms with Gasteiger partial charge in [0.1, 0.15) is 5.91 Å². The van der Waals surface area contributed by atoms with Gasteiger partial charge in [0.25, 0.3) is 0 Å². The molecule has 834 valence electrons. The van der Waals surface area contributed by atoms with Crippen LogP contribution in [0.15, 0.2) is 221 Å². The molecule has 6 aromatic carbocycles. The first-order valence-corrected chi connectivity index (χ1v) is 67.6. The van der Waals surface area contributed by atoms with Gasteiger partial charge in [-0.1, -0.05) is 233 Å². The minimum atomic E-state index is -2.52. The van der Waals surface area contributed by atoms with E-state index in [1.807, 2.05) is 91.8 Å². The lowest BCUT2D eigenvalue weighted by molar-refractivity contribution is 0.0702. The predicted octanol–water partition coefficient (Wildman–Crippen LogP) is 16.5. The van der Waals surface area contributed by atoms with E-state index in [1.165, 1.54) is 39.3 Å². The topological polar surface area (TPSA) is 345 Å². The van der Waals surface area contributed by atoms with Crippen molar-refractivity contribution in [1.82, 2.24) is 58.5 Å². The van der Waals surface area contributed by atoms with Crippen LogP contribution in [0.2, 0.25) is 36.8 Å². The lowest BCUT2D eigenvalue weighted by Crippen LogP contribution is -2.48. The van der Waals surface area contributed by atoms with Crippen LogP contribution in [0, 0.1) is 0 Å². The van der Waals surface area contributed by atoms with Crippen molar-refractivity contribution >= 4 is 103 Å². The van der Waals surface area contributed by atoms with Crippen LogP contribution in [0.25, 0.3) is 36.5 Å². The van der Waals surface area contributed by atoms with Gasteiger partial charge in [0, 0.05) is 225 Å². The van der Waals surface area contributed by atoms with Gasteiger partial charge in [-0.15, -0.1) is 13.2 Å². The van der Waals surface area contributed by atoms with Gasteiger partial charge in [-0.25, -0.2) is 0 Å². The first kappa shape index (κ1) is 141. The van der Waals surface area contributed by atoms with Crippen LogP contribution in [0.5, 0.6) is 0 Å². The molecule has 36 heteroatoms. The molecule has 0 saturated heterocycles. The quantitative estimate of drug-likeness (QED) is 0.00958. The third-order valence-electron chi connectivity index (χ3n) is 23.5. The molecule has 0 spiro atoms. The molecule has 0 amide bonds.